The van der Waals surface area contributed by atoms with E-state index >= 15 is 0 Å². The van der Waals surface area contributed by atoms with E-state index in [0.717, 1.165) is 43.3 Å². The number of carbonyl (C=O) groups is 1. The zero-order chi connectivity index (χ0) is 12.6. The monoisotopic (exact) mass is 242 g/mol. The van der Waals surface area contributed by atoms with Gasteiger partial charge in [-0.1, -0.05) is 25.1 Å². The van der Waals surface area contributed by atoms with Crippen molar-refractivity contribution in [3.63, 3.8) is 0 Å². The van der Waals surface area contributed by atoms with Crippen LogP contribution in [-0.2, 0) is 4.79 Å². The first-order valence-corrected chi connectivity index (χ1v) is 6.65. The minimum absolute atomic E-state index is 0.109. The highest BCUT2D eigenvalue weighted by molar-refractivity contribution is 5.77. The highest BCUT2D eigenvalue weighted by Crippen LogP contribution is 2.42. The number of para-hydroxylation sites is 1. The molecule has 1 fully saturated rings. The first-order valence-electron chi connectivity index (χ1n) is 6.65. The summed E-state index contributed by atoms with van der Waals surface area (Å²) in [4.78, 5) is 11.0. The van der Waals surface area contributed by atoms with Crippen LogP contribution in [0.2, 0.25) is 0 Å². The van der Waals surface area contributed by atoms with Crippen LogP contribution in [0.25, 0.3) is 11.0 Å². The molecule has 18 heavy (non-hydrogen) atoms. The molecule has 0 N–H and O–H groups in total. The molecule has 1 aliphatic rings. The molecule has 0 saturated heterocycles. The first-order chi connectivity index (χ1) is 8.70. The summed E-state index contributed by atoms with van der Waals surface area (Å²) in [6.07, 6.45) is 5.17. The van der Waals surface area contributed by atoms with Crippen molar-refractivity contribution in [2.45, 2.75) is 38.5 Å². The van der Waals surface area contributed by atoms with Crippen LogP contribution in [0.5, 0.6) is 0 Å². The molecule has 3 rings (SSSR count). The number of benzene rings is 1. The molecule has 1 heterocycles. The molecule has 1 aliphatic carbocycles. The van der Waals surface area contributed by atoms with Gasteiger partial charge in [-0.25, -0.2) is 0 Å². The van der Waals surface area contributed by atoms with Crippen molar-refractivity contribution in [1.82, 2.24) is 0 Å². The Morgan fingerprint density at radius 2 is 2.00 bits per heavy atom. The van der Waals surface area contributed by atoms with Crippen molar-refractivity contribution in [3.05, 3.63) is 36.1 Å². The van der Waals surface area contributed by atoms with Crippen molar-refractivity contribution in [1.29, 1.82) is 0 Å². The Labute approximate surface area is 107 Å². The lowest BCUT2D eigenvalue weighted by Crippen LogP contribution is -2.24. The molecular weight excluding hydrogens is 224 g/mol. The van der Waals surface area contributed by atoms with E-state index in [1.54, 1.807) is 0 Å². The number of hydrogen-bond donors (Lipinski definition) is 0. The fraction of sp³-hybridized carbons (Fsp3) is 0.438. The standard InChI is InChI=1S/C16H18O2/c1-16(11-17)8-6-12(7-9-16)15-10-13-4-2-3-5-14(13)18-15/h2-5,10-12H,6-9H2,1H3. The molecule has 0 unspecified atom stereocenters. The Morgan fingerprint density at radius 3 is 2.67 bits per heavy atom. The summed E-state index contributed by atoms with van der Waals surface area (Å²) in [5.74, 6) is 1.56. The maximum absolute atomic E-state index is 11.0. The minimum Gasteiger partial charge on any atom is -0.461 e. The van der Waals surface area contributed by atoms with Gasteiger partial charge in [-0.2, -0.15) is 0 Å². The quantitative estimate of drug-likeness (QED) is 0.735. The number of furan rings is 1. The third-order valence-electron chi connectivity index (χ3n) is 4.26. The van der Waals surface area contributed by atoms with Gasteiger partial charge in [0.05, 0.1) is 0 Å². The zero-order valence-electron chi connectivity index (χ0n) is 10.7. The normalized spacial score (nSPS) is 28.4. The average molecular weight is 242 g/mol. The fourth-order valence-corrected chi connectivity index (χ4v) is 2.88. The molecule has 0 amide bonds. The predicted molar refractivity (Wildman–Crippen MR) is 71.6 cm³/mol. The Hall–Kier alpha value is -1.57. The van der Waals surface area contributed by atoms with Gasteiger partial charge in [-0.3, -0.25) is 0 Å². The van der Waals surface area contributed by atoms with E-state index in [0.29, 0.717) is 5.92 Å². The lowest BCUT2D eigenvalue weighted by atomic mass is 9.72. The maximum atomic E-state index is 11.0. The summed E-state index contributed by atoms with van der Waals surface area (Å²) in [7, 11) is 0. The van der Waals surface area contributed by atoms with E-state index in [2.05, 4.69) is 19.1 Å². The van der Waals surface area contributed by atoms with Crippen LogP contribution < -0.4 is 0 Å². The number of aldehydes is 1. The van der Waals surface area contributed by atoms with Gasteiger partial charge in [-0.05, 0) is 37.8 Å². The Bertz CT molecular complexity index is 526. The number of hydrogen-bond acceptors (Lipinski definition) is 2. The third-order valence-corrected chi connectivity index (χ3v) is 4.26. The zero-order valence-corrected chi connectivity index (χ0v) is 10.7. The van der Waals surface area contributed by atoms with E-state index < -0.39 is 0 Å². The molecule has 0 radical (unpaired) electrons. The summed E-state index contributed by atoms with van der Waals surface area (Å²) in [5.41, 5.74) is 0.860. The number of rotatable bonds is 2. The molecule has 0 bridgehead atoms. The van der Waals surface area contributed by atoms with Crippen LogP contribution in [0.1, 0.15) is 44.3 Å². The van der Waals surface area contributed by atoms with Crippen molar-refractivity contribution in [3.8, 4) is 0 Å². The lowest BCUT2D eigenvalue weighted by Gasteiger charge is -2.31. The van der Waals surface area contributed by atoms with Crippen molar-refractivity contribution >= 4 is 17.3 Å². The topological polar surface area (TPSA) is 30.2 Å². The average Bonchev–Trinajstić information content (AvgIpc) is 2.83. The van der Waals surface area contributed by atoms with Gasteiger partial charge in [0, 0.05) is 16.7 Å². The van der Waals surface area contributed by atoms with Gasteiger partial charge < -0.3 is 9.21 Å². The highest BCUT2D eigenvalue weighted by Gasteiger charge is 2.32. The molecule has 2 aromatic rings. The van der Waals surface area contributed by atoms with Gasteiger partial charge in [0.2, 0.25) is 0 Å². The maximum Gasteiger partial charge on any atom is 0.134 e. The van der Waals surface area contributed by atoms with Crippen LogP contribution in [-0.4, -0.2) is 6.29 Å². The molecule has 0 atom stereocenters. The van der Waals surface area contributed by atoms with Crippen molar-refractivity contribution < 1.29 is 9.21 Å². The molecular formula is C16H18O2. The summed E-state index contributed by atoms with van der Waals surface area (Å²) in [5, 5.41) is 1.18. The Morgan fingerprint density at radius 1 is 1.28 bits per heavy atom. The Balaban J connectivity index is 1.82. The summed E-state index contributed by atoms with van der Waals surface area (Å²) >= 11 is 0. The van der Waals surface area contributed by atoms with Crippen LogP contribution in [0, 0.1) is 5.41 Å². The van der Waals surface area contributed by atoms with E-state index in [9.17, 15) is 4.79 Å². The molecule has 0 aliphatic heterocycles. The summed E-state index contributed by atoms with van der Waals surface area (Å²) in [6.45, 7) is 2.06. The molecule has 94 valence electrons. The second-order valence-corrected chi connectivity index (χ2v) is 5.73. The summed E-state index contributed by atoms with van der Waals surface area (Å²) < 4.78 is 5.92. The number of carbonyl (C=O) groups excluding carboxylic acids is 1. The predicted octanol–water partition coefficient (Wildman–Crippen LogP) is 4.30. The minimum atomic E-state index is -0.109. The number of fused-ring (bicyclic) bond motifs is 1. The van der Waals surface area contributed by atoms with Gasteiger partial charge >= 0.3 is 0 Å². The second-order valence-electron chi connectivity index (χ2n) is 5.73. The van der Waals surface area contributed by atoms with E-state index in [1.807, 2.05) is 18.2 Å². The molecule has 1 aromatic carbocycles. The second kappa shape index (κ2) is 4.27. The van der Waals surface area contributed by atoms with E-state index in [1.165, 1.54) is 5.39 Å². The van der Waals surface area contributed by atoms with E-state index in [-0.39, 0.29) is 5.41 Å². The smallest absolute Gasteiger partial charge is 0.134 e. The molecule has 1 saturated carbocycles. The summed E-state index contributed by atoms with van der Waals surface area (Å²) in [6, 6.07) is 10.3. The SMILES string of the molecule is CC1(C=O)CCC(c2cc3ccccc3o2)CC1. The molecule has 2 nitrogen and oxygen atoms in total. The lowest BCUT2D eigenvalue weighted by molar-refractivity contribution is -0.117. The van der Waals surface area contributed by atoms with Gasteiger partial charge in [0.1, 0.15) is 17.6 Å². The van der Waals surface area contributed by atoms with Crippen molar-refractivity contribution in [2.24, 2.45) is 5.41 Å². The van der Waals surface area contributed by atoms with Crippen LogP contribution in [0.15, 0.2) is 34.7 Å². The molecule has 0 spiro atoms. The van der Waals surface area contributed by atoms with Crippen LogP contribution >= 0.6 is 0 Å². The van der Waals surface area contributed by atoms with Crippen molar-refractivity contribution in [2.75, 3.05) is 0 Å². The van der Waals surface area contributed by atoms with Crippen LogP contribution in [0.3, 0.4) is 0 Å². The van der Waals surface area contributed by atoms with Gasteiger partial charge in [0.25, 0.3) is 0 Å². The van der Waals surface area contributed by atoms with E-state index in [4.69, 9.17) is 4.42 Å². The largest absolute Gasteiger partial charge is 0.461 e. The Kier molecular flexibility index (Phi) is 2.73. The fourth-order valence-electron chi connectivity index (χ4n) is 2.88. The van der Waals surface area contributed by atoms with Gasteiger partial charge in [0.15, 0.2) is 0 Å². The molecule has 2 heteroatoms. The van der Waals surface area contributed by atoms with Crippen LogP contribution in [0.4, 0.5) is 0 Å². The van der Waals surface area contributed by atoms with Gasteiger partial charge in [-0.15, -0.1) is 0 Å². The first kappa shape index (κ1) is 11.5. The molecule has 1 aromatic heterocycles. The third kappa shape index (κ3) is 1.96. The highest BCUT2D eigenvalue weighted by atomic mass is 16.3.